The summed E-state index contributed by atoms with van der Waals surface area (Å²) in [6.45, 7) is 7.88. The molecule has 2 aromatic rings. The number of carbonyl (C=O) groups excluding carboxylic acids is 1. The maximum absolute atomic E-state index is 12.6. The summed E-state index contributed by atoms with van der Waals surface area (Å²) in [5, 5.41) is 8.21. The Balaban J connectivity index is 1.59. The summed E-state index contributed by atoms with van der Waals surface area (Å²) in [5.41, 5.74) is 1.06. The SMILES string of the molecule is CCCn1nc(C(=O)N2CCN(Cc3cc(C)on3)CC2)ccc1=O. The predicted molar refractivity (Wildman–Crippen MR) is 91.2 cm³/mol. The highest BCUT2D eigenvalue weighted by atomic mass is 16.5. The quantitative estimate of drug-likeness (QED) is 0.801. The average molecular weight is 345 g/mol. The third-order valence-corrected chi connectivity index (χ3v) is 4.24. The molecular formula is C17H23N5O3. The molecule has 1 fully saturated rings. The van der Waals surface area contributed by atoms with Crippen LogP contribution in [0.4, 0.5) is 0 Å². The van der Waals surface area contributed by atoms with Crippen LogP contribution in [-0.2, 0) is 13.1 Å². The number of nitrogens with zero attached hydrogens (tertiary/aromatic N) is 5. The summed E-state index contributed by atoms with van der Waals surface area (Å²) in [6, 6.07) is 4.86. The van der Waals surface area contributed by atoms with Crippen LogP contribution in [0.3, 0.4) is 0 Å². The minimum absolute atomic E-state index is 0.123. The minimum Gasteiger partial charge on any atom is -0.361 e. The number of hydrogen-bond acceptors (Lipinski definition) is 6. The Bertz CT molecular complexity index is 790. The maximum atomic E-state index is 12.6. The Morgan fingerprint density at radius 1 is 1.24 bits per heavy atom. The van der Waals surface area contributed by atoms with Gasteiger partial charge in [0.2, 0.25) is 0 Å². The second kappa shape index (κ2) is 7.60. The van der Waals surface area contributed by atoms with Gasteiger partial charge in [-0.05, 0) is 19.4 Å². The molecular weight excluding hydrogens is 322 g/mol. The summed E-state index contributed by atoms with van der Waals surface area (Å²) in [6.07, 6.45) is 0.796. The zero-order valence-electron chi connectivity index (χ0n) is 14.6. The lowest BCUT2D eigenvalue weighted by Crippen LogP contribution is -2.48. The van der Waals surface area contributed by atoms with Gasteiger partial charge in [-0.2, -0.15) is 5.10 Å². The molecule has 0 saturated carbocycles. The van der Waals surface area contributed by atoms with E-state index < -0.39 is 0 Å². The highest BCUT2D eigenvalue weighted by molar-refractivity contribution is 5.92. The Labute approximate surface area is 146 Å². The molecule has 0 spiro atoms. The van der Waals surface area contributed by atoms with Gasteiger partial charge in [-0.25, -0.2) is 4.68 Å². The third-order valence-electron chi connectivity index (χ3n) is 4.24. The molecule has 8 heteroatoms. The van der Waals surface area contributed by atoms with E-state index >= 15 is 0 Å². The monoisotopic (exact) mass is 345 g/mol. The molecule has 0 unspecified atom stereocenters. The number of piperazine rings is 1. The summed E-state index contributed by atoms with van der Waals surface area (Å²) in [7, 11) is 0. The number of rotatable bonds is 5. The molecule has 3 heterocycles. The fourth-order valence-corrected chi connectivity index (χ4v) is 2.93. The minimum atomic E-state index is -0.175. The lowest BCUT2D eigenvalue weighted by Gasteiger charge is -2.34. The molecule has 1 saturated heterocycles. The first-order valence-electron chi connectivity index (χ1n) is 8.59. The smallest absolute Gasteiger partial charge is 0.274 e. The zero-order chi connectivity index (χ0) is 17.8. The third kappa shape index (κ3) is 4.14. The van der Waals surface area contributed by atoms with Crippen LogP contribution >= 0.6 is 0 Å². The van der Waals surface area contributed by atoms with Gasteiger partial charge in [0.25, 0.3) is 11.5 Å². The van der Waals surface area contributed by atoms with E-state index in [0.29, 0.717) is 25.3 Å². The van der Waals surface area contributed by atoms with E-state index in [1.165, 1.54) is 16.8 Å². The molecule has 8 nitrogen and oxygen atoms in total. The fourth-order valence-electron chi connectivity index (χ4n) is 2.93. The Morgan fingerprint density at radius 3 is 2.64 bits per heavy atom. The molecule has 0 atom stereocenters. The second-order valence-electron chi connectivity index (χ2n) is 6.28. The van der Waals surface area contributed by atoms with Crippen molar-refractivity contribution in [1.82, 2.24) is 24.7 Å². The fraction of sp³-hybridized carbons (Fsp3) is 0.529. The van der Waals surface area contributed by atoms with Gasteiger partial charge < -0.3 is 9.42 Å². The summed E-state index contributed by atoms with van der Waals surface area (Å²) >= 11 is 0. The molecule has 0 aliphatic carbocycles. The number of carbonyl (C=O) groups is 1. The van der Waals surface area contributed by atoms with Crippen molar-refractivity contribution in [2.75, 3.05) is 26.2 Å². The molecule has 0 aromatic carbocycles. The first-order valence-corrected chi connectivity index (χ1v) is 8.59. The molecule has 25 heavy (non-hydrogen) atoms. The van der Waals surface area contributed by atoms with E-state index in [2.05, 4.69) is 15.2 Å². The van der Waals surface area contributed by atoms with Gasteiger partial charge in [-0.3, -0.25) is 14.5 Å². The Hall–Kier alpha value is -2.48. The molecule has 3 rings (SSSR count). The van der Waals surface area contributed by atoms with Crippen molar-refractivity contribution in [3.05, 3.63) is 45.7 Å². The van der Waals surface area contributed by atoms with Crippen LogP contribution in [0.25, 0.3) is 0 Å². The first-order chi connectivity index (χ1) is 12.1. The average Bonchev–Trinajstić information content (AvgIpc) is 3.02. The summed E-state index contributed by atoms with van der Waals surface area (Å²) < 4.78 is 6.44. The van der Waals surface area contributed by atoms with Crippen LogP contribution < -0.4 is 5.56 Å². The lowest BCUT2D eigenvalue weighted by atomic mass is 10.2. The second-order valence-corrected chi connectivity index (χ2v) is 6.28. The van der Waals surface area contributed by atoms with Gasteiger partial charge in [-0.15, -0.1) is 0 Å². The number of amides is 1. The Kier molecular flexibility index (Phi) is 5.28. The zero-order valence-corrected chi connectivity index (χ0v) is 14.6. The summed E-state index contributed by atoms with van der Waals surface area (Å²) in [5.74, 6) is 0.680. The van der Waals surface area contributed by atoms with Crippen molar-refractivity contribution in [2.24, 2.45) is 0 Å². The highest BCUT2D eigenvalue weighted by Gasteiger charge is 2.24. The number of hydrogen-bond donors (Lipinski definition) is 0. The van der Waals surface area contributed by atoms with Crippen LogP contribution in [0.2, 0.25) is 0 Å². The van der Waals surface area contributed by atoms with Crippen LogP contribution in [-0.4, -0.2) is 56.8 Å². The van der Waals surface area contributed by atoms with Crippen molar-refractivity contribution in [3.63, 3.8) is 0 Å². The van der Waals surface area contributed by atoms with Gasteiger partial charge in [0.15, 0.2) is 0 Å². The van der Waals surface area contributed by atoms with E-state index in [1.807, 2.05) is 19.9 Å². The summed E-state index contributed by atoms with van der Waals surface area (Å²) in [4.78, 5) is 28.4. The van der Waals surface area contributed by atoms with E-state index in [-0.39, 0.29) is 11.5 Å². The topological polar surface area (TPSA) is 84.5 Å². The van der Waals surface area contributed by atoms with Crippen LogP contribution in [0.1, 0.15) is 35.3 Å². The van der Waals surface area contributed by atoms with Gasteiger partial charge in [-0.1, -0.05) is 12.1 Å². The van der Waals surface area contributed by atoms with E-state index in [1.54, 1.807) is 4.90 Å². The standard InChI is InChI=1S/C17H23N5O3/c1-3-6-22-16(23)5-4-15(18-22)17(24)21-9-7-20(8-10-21)12-14-11-13(2)25-19-14/h4-5,11H,3,6-10,12H2,1-2H3. The van der Waals surface area contributed by atoms with Crippen LogP contribution in [0.5, 0.6) is 0 Å². The largest absolute Gasteiger partial charge is 0.361 e. The molecule has 1 aliphatic rings. The van der Waals surface area contributed by atoms with E-state index in [9.17, 15) is 9.59 Å². The van der Waals surface area contributed by atoms with Gasteiger partial charge in [0, 0.05) is 51.4 Å². The van der Waals surface area contributed by atoms with Crippen LogP contribution in [0, 0.1) is 6.92 Å². The molecule has 0 radical (unpaired) electrons. The maximum Gasteiger partial charge on any atom is 0.274 e. The molecule has 0 bridgehead atoms. The first kappa shape index (κ1) is 17.3. The number of aryl methyl sites for hydroxylation is 2. The van der Waals surface area contributed by atoms with Crippen molar-refractivity contribution < 1.29 is 9.32 Å². The lowest BCUT2D eigenvalue weighted by molar-refractivity contribution is 0.0617. The van der Waals surface area contributed by atoms with Crippen molar-refractivity contribution in [1.29, 1.82) is 0 Å². The van der Waals surface area contributed by atoms with E-state index in [0.717, 1.165) is 37.5 Å². The highest BCUT2D eigenvalue weighted by Crippen LogP contribution is 2.10. The van der Waals surface area contributed by atoms with Crippen LogP contribution in [0.15, 0.2) is 27.5 Å². The van der Waals surface area contributed by atoms with Gasteiger partial charge in [0.05, 0.1) is 5.69 Å². The van der Waals surface area contributed by atoms with Crippen molar-refractivity contribution in [3.8, 4) is 0 Å². The predicted octanol–water partition coefficient (Wildman–Crippen LogP) is 0.908. The normalized spacial score (nSPS) is 15.5. The van der Waals surface area contributed by atoms with Gasteiger partial charge in [0.1, 0.15) is 11.5 Å². The molecule has 1 aliphatic heterocycles. The van der Waals surface area contributed by atoms with E-state index in [4.69, 9.17) is 4.52 Å². The molecule has 0 N–H and O–H groups in total. The molecule has 1 amide bonds. The Morgan fingerprint density at radius 2 is 2.00 bits per heavy atom. The number of aromatic nitrogens is 3. The van der Waals surface area contributed by atoms with Crippen molar-refractivity contribution >= 4 is 5.91 Å². The van der Waals surface area contributed by atoms with Gasteiger partial charge >= 0.3 is 0 Å². The molecule has 2 aromatic heterocycles. The molecule has 134 valence electrons. The van der Waals surface area contributed by atoms with Crippen molar-refractivity contribution in [2.45, 2.75) is 33.4 Å².